The molecule has 6 rings (SSSR count). The van der Waals surface area contributed by atoms with E-state index in [1.807, 2.05) is 35.2 Å². The number of anilines is 1. The summed E-state index contributed by atoms with van der Waals surface area (Å²) in [6, 6.07) is 33.6. The van der Waals surface area contributed by atoms with E-state index in [0.29, 0.717) is 5.95 Å². The quantitative estimate of drug-likeness (QED) is 0.319. The lowest BCUT2D eigenvalue weighted by molar-refractivity contribution is 0.854. The van der Waals surface area contributed by atoms with Gasteiger partial charge in [-0.25, -0.2) is 9.97 Å². The highest BCUT2D eigenvalue weighted by Crippen LogP contribution is 2.31. The first-order valence-corrected chi connectivity index (χ1v) is 11.4. The molecule has 1 unspecified atom stereocenters. The first kappa shape index (κ1) is 20.1. The van der Waals surface area contributed by atoms with Gasteiger partial charge < -0.3 is 5.32 Å². The van der Waals surface area contributed by atoms with Gasteiger partial charge in [0, 0.05) is 6.20 Å². The summed E-state index contributed by atoms with van der Waals surface area (Å²) >= 11 is 0. The van der Waals surface area contributed by atoms with Gasteiger partial charge in [0.05, 0.1) is 17.1 Å². The maximum Gasteiger partial charge on any atom is 0.225 e. The zero-order valence-corrected chi connectivity index (χ0v) is 18.8. The van der Waals surface area contributed by atoms with Gasteiger partial charge in [-0.05, 0) is 52.6 Å². The van der Waals surface area contributed by atoms with Crippen LogP contribution in [-0.4, -0.2) is 19.5 Å². The standard InChI is InChI=1S/C29H23N5/c1-20(21-8-3-2-4-9-21)32-29-30-17-16-28(33-29)34-19-31-26-18-23(14-15-27(26)34)25-13-7-11-22-10-5-6-12-24(22)25/h2-20H,1H3,(H,30,32,33). The maximum absolute atomic E-state index is 4.75. The van der Waals surface area contributed by atoms with Crippen molar-refractivity contribution in [1.29, 1.82) is 0 Å². The minimum absolute atomic E-state index is 0.0965. The van der Waals surface area contributed by atoms with Crippen molar-refractivity contribution in [1.82, 2.24) is 19.5 Å². The monoisotopic (exact) mass is 441 g/mol. The van der Waals surface area contributed by atoms with Crippen molar-refractivity contribution in [3.63, 3.8) is 0 Å². The Bertz CT molecular complexity index is 1600. The Hall–Kier alpha value is -4.51. The summed E-state index contributed by atoms with van der Waals surface area (Å²) in [5, 5.41) is 5.87. The van der Waals surface area contributed by atoms with Crippen LogP contribution in [0.1, 0.15) is 18.5 Å². The van der Waals surface area contributed by atoms with Gasteiger partial charge in [0.25, 0.3) is 0 Å². The Morgan fingerprint density at radius 1 is 0.794 bits per heavy atom. The largest absolute Gasteiger partial charge is 0.348 e. The van der Waals surface area contributed by atoms with Crippen LogP contribution in [0.15, 0.2) is 110 Å². The number of imidazole rings is 1. The van der Waals surface area contributed by atoms with Crippen molar-refractivity contribution < 1.29 is 0 Å². The second kappa shape index (κ2) is 8.45. The second-order valence-electron chi connectivity index (χ2n) is 8.36. The molecule has 0 aliphatic rings. The molecule has 34 heavy (non-hydrogen) atoms. The molecule has 0 radical (unpaired) electrons. The van der Waals surface area contributed by atoms with Gasteiger partial charge in [0.1, 0.15) is 12.1 Å². The zero-order chi connectivity index (χ0) is 22.9. The van der Waals surface area contributed by atoms with Gasteiger partial charge >= 0.3 is 0 Å². The Morgan fingerprint density at radius 2 is 1.62 bits per heavy atom. The average Bonchev–Trinajstić information content (AvgIpc) is 3.32. The molecule has 6 aromatic rings. The topological polar surface area (TPSA) is 55.6 Å². The fourth-order valence-electron chi connectivity index (χ4n) is 4.41. The lowest BCUT2D eigenvalue weighted by atomic mass is 9.98. The van der Waals surface area contributed by atoms with Crippen molar-refractivity contribution in [2.75, 3.05) is 5.32 Å². The molecule has 0 spiro atoms. The fourth-order valence-corrected chi connectivity index (χ4v) is 4.41. The Balaban J connectivity index is 1.34. The summed E-state index contributed by atoms with van der Waals surface area (Å²) in [5.74, 6) is 1.36. The molecule has 0 aliphatic carbocycles. The Morgan fingerprint density at radius 3 is 2.53 bits per heavy atom. The van der Waals surface area contributed by atoms with Crippen LogP contribution in [0.3, 0.4) is 0 Å². The van der Waals surface area contributed by atoms with Crippen LogP contribution >= 0.6 is 0 Å². The van der Waals surface area contributed by atoms with Gasteiger partial charge in [-0.2, -0.15) is 4.98 Å². The first-order chi connectivity index (χ1) is 16.8. The Labute approximate surface area is 197 Å². The van der Waals surface area contributed by atoms with Gasteiger partial charge in [0.2, 0.25) is 5.95 Å². The van der Waals surface area contributed by atoms with E-state index < -0.39 is 0 Å². The van der Waals surface area contributed by atoms with Gasteiger partial charge in [0.15, 0.2) is 0 Å². The van der Waals surface area contributed by atoms with Crippen LogP contribution < -0.4 is 5.32 Å². The molecule has 164 valence electrons. The highest BCUT2D eigenvalue weighted by Gasteiger charge is 2.11. The molecule has 5 nitrogen and oxygen atoms in total. The normalized spacial score (nSPS) is 12.1. The van der Waals surface area contributed by atoms with E-state index in [9.17, 15) is 0 Å². The molecule has 0 fully saturated rings. The van der Waals surface area contributed by atoms with Crippen molar-refractivity contribution in [3.8, 4) is 16.9 Å². The van der Waals surface area contributed by atoms with Crippen molar-refractivity contribution in [3.05, 3.63) is 115 Å². The molecule has 0 bridgehead atoms. The van der Waals surface area contributed by atoms with E-state index in [0.717, 1.165) is 22.4 Å². The number of nitrogens with one attached hydrogen (secondary N) is 1. The number of benzene rings is 4. The van der Waals surface area contributed by atoms with Crippen LogP contribution in [0, 0.1) is 0 Å². The number of hydrogen-bond acceptors (Lipinski definition) is 4. The zero-order valence-electron chi connectivity index (χ0n) is 18.8. The third-order valence-electron chi connectivity index (χ3n) is 6.18. The molecule has 1 N–H and O–H groups in total. The molecule has 0 saturated heterocycles. The lowest BCUT2D eigenvalue weighted by Gasteiger charge is -2.14. The molecule has 1 atom stereocenters. The first-order valence-electron chi connectivity index (χ1n) is 11.4. The highest BCUT2D eigenvalue weighted by molar-refractivity contribution is 5.98. The number of rotatable bonds is 5. The molecule has 5 heteroatoms. The predicted octanol–water partition coefficient (Wildman–Crippen LogP) is 6.81. The summed E-state index contributed by atoms with van der Waals surface area (Å²) in [4.78, 5) is 13.9. The molecule has 0 saturated carbocycles. The number of nitrogens with zero attached hydrogens (tertiary/aromatic N) is 4. The summed E-state index contributed by atoms with van der Waals surface area (Å²) in [6.45, 7) is 2.10. The van der Waals surface area contributed by atoms with E-state index in [1.165, 1.54) is 21.9 Å². The number of hydrogen-bond donors (Lipinski definition) is 1. The van der Waals surface area contributed by atoms with Gasteiger partial charge in [-0.15, -0.1) is 0 Å². The number of fused-ring (bicyclic) bond motifs is 2. The van der Waals surface area contributed by atoms with Crippen LogP contribution in [0.25, 0.3) is 38.8 Å². The van der Waals surface area contributed by atoms with Gasteiger partial charge in [-0.1, -0.05) is 78.9 Å². The summed E-state index contributed by atoms with van der Waals surface area (Å²) < 4.78 is 2.00. The smallest absolute Gasteiger partial charge is 0.225 e. The second-order valence-corrected chi connectivity index (χ2v) is 8.36. The van der Waals surface area contributed by atoms with E-state index in [1.54, 1.807) is 6.20 Å². The van der Waals surface area contributed by atoms with Crippen molar-refractivity contribution in [2.45, 2.75) is 13.0 Å². The van der Waals surface area contributed by atoms with Crippen molar-refractivity contribution >= 4 is 27.8 Å². The average molecular weight is 442 g/mol. The molecule has 0 amide bonds. The molecule has 0 aliphatic heterocycles. The minimum Gasteiger partial charge on any atom is -0.348 e. The highest BCUT2D eigenvalue weighted by atomic mass is 15.2. The minimum atomic E-state index is 0.0965. The fraction of sp³-hybridized carbons (Fsp3) is 0.0690. The maximum atomic E-state index is 4.75. The van der Waals surface area contributed by atoms with Crippen LogP contribution in [-0.2, 0) is 0 Å². The third kappa shape index (κ3) is 3.67. The van der Waals surface area contributed by atoms with E-state index >= 15 is 0 Å². The lowest BCUT2D eigenvalue weighted by Crippen LogP contribution is -2.10. The summed E-state index contributed by atoms with van der Waals surface area (Å²) in [5.41, 5.74) is 5.47. The summed E-state index contributed by atoms with van der Waals surface area (Å²) in [6.07, 6.45) is 3.60. The SMILES string of the molecule is CC(Nc1nccc(-n2cnc3cc(-c4cccc5ccccc45)ccc32)n1)c1ccccc1. The van der Waals surface area contributed by atoms with Crippen LogP contribution in [0.2, 0.25) is 0 Å². The molecule has 4 aromatic carbocycles. The number of aromatic nitrogens is 4. The Kier molecular flexibility index (Phi) is 5.00. The summed E-state index contributed by atoms with van der Waals surface area (Å²) in [7, 11) is 0. The van der Waals surface area contributed by atoms with E-state index in [2.05, 4.69) is 95.0 Å². The van der Waals surface area contributed by atoms with E-state index in [-0.39, 0.29) is 6.04 Å². The van der Waals surface area contributed by atoms with E-state index in [4.69, 9.17) is 4.98 Å². The van der Waals surface area contributed by atoms with Gasteiger partial charge in [-0.3, -0.25) is 4.57 Å². The predicted molar refractivity (Wildman–Crippen MR) is 138 cm³/mol. The molecule has 2 heterocycles. The molecule has 2 aromatic heterocycles. The van der Waals surface area contributed by atoms with Crippen LogP contribution in [0.5, 0.6) is 0 Å². The van der Waals surface area contributed by atoms with Crippen LogP contribution in [0.4, 0.5) is 5.95 Å². The molecular formula is C29H23N5. The molecular weight excluding hydrogens is 418 g/mol. The van der Waals surface area contributed by atoms with Crippen molar-refractivity contribution in [2.24, 2.45) is 0 Å². The third-order valence-corrected chi connectivity index (χ3v) is 6.18.